The van der Waals surface area contributed by atoms with Crippen molar-refractivity contribution in [1.29, 1.82) is 0 Å². The summed E-state index contributed by atoms with van der Waals surface area (Å²) in [5.74, 6) is -0.445. The third-order valence-electron chi connectivity index (χ3n) is 4.18. The predicted molar refractivity (Wildman–Crippen MR) is 109 cm³/mol. The zero-order chi connectivity index (χ0) is 20.1. The Morgan fingerprint density at radius 2 is 2.00 bits per heavy atom. The van der Waals surface area contributed by atoms with Gasteiger partial charge in [0.25, 0.3) is 0 Å². The summed E-state index contributed by atoms with van der Waals surface area (Å²) in [5.41, 5.74) is 0.733. The predicted octanol–water partition coefficient (Wildman–Crippen LogP) is 3.81. The van der Waals surface area contributed by atoms with Gasteiger partial charge in [0, 0.05) is 13.0 Å². The molecular formula is C20H20FN3O3S. The standard InChI is InChI=1S/C20H20FN3O3S/c1-3-24-18(25)12-17(19(26)23-16-7-5-4-6-15(16)21)28-20(24)22-13-8-10-14(27-2)11-9-13/h4-11,17H,3,12H2,1-2H3,(H,23,26)/t17-/m0/s1. The summed E-state index contributed by atoms with van der Waals surface area (Å²) in [4.78, 5) is 31.2. The highest BCUT2D eigenvalue weighted by atomic mass is 32.2. The molecule has 1 heterocycles. The largest absolute Gasteiger partial charge is 0.497 e. The number of amidine groups is 1. The smallest absolute Gasteiger partial charge is 0.238 e. The van der Waals surface area contributed by atoms with E-state index < -0.39 is 17.0 Å². The molecule has 146 valence electrons. The number of carbonyl (C=O) groups is 2. The second-order valence-corrected chi connectivity index (χ2v) is 7.18. The first-order valence-corrected chi connectivity index (χ1v) is 9.65. The van der Waals surface area contributed by atoms with Crippen LogP contribution in [0, 0.1) is 5.82 Å². The maximum Gasteiger partial charge on any atom is 0.238 e. The van der Waals surface area contributed by atoms with Crippen LogP contribution in [0.5, 0.6) is 5.75 Å². The van der Waals surface area contributed by atoms with Gasteiger partial charge < -0.3 is 10.1 Å². The highest BCUT2D eigenvalue weighted by molar-refractivity contribution is 8.15. The lowest BCUT2D eigenvalue weighted by Gasteiger charge is -2.30. The molecule has 2 aromatic rings. The first-order chi connectivity index (χ1) is 13.5. The van der Waals surface area contributed by atoms with Crippen molar-refractivity contribution in [3.05, 3.63) is 54.3 Å². The molecule has 2 aromatic carbocycles. The van der Waals surface area contributed by atoms with E-state index in [1.54, 1.807) is 48.4 Å². The molecule has 1 N–H and O–H groups in total. The Labute approximate surface area is 166 Å². The number of para-hydroxylation sites is 1. The average molecular weight is 401 g/mol. The number of rotatable bonds is 5. The molecule has 1 atom stereocenters. The summed E-state index contributed by atoms with van der Waals surface area (Å²) in [5, 5.41) is 2.31. The second kappa shape index (κ2) is 8.88. The monoisotopic (exact) mass is 401 g/mol. The van der Waals surface area contributed by atoms with Gasteiger partial charge >= 0.3 is 0 Å². The van der Waals surface area contributed by atoms with E-state index in [1.807, 2.05) is 6.92 Å². The fourth-order valence-corrected chi connectivity index (χ4v) is 3.86. The van der Waals surface area contributed by atoms with E-state index in [0.717, 1.165) is 0 Å². The fraction of sp³-hybridized carbons (Fsp3) is 0.250. The van der Waals surface area contributed by atoms with E-state index >= 15 is 0 Å². The molecule has 0 aromatic heterocycles. The van der Waals surface area contributed by atoms with Crippen molar-refractivity contribution in [3.8, 4) is 5.75 Å². The van der Waals surface area contributed by atoms with Crippen molar-refractivity contribution < 1.29 is 18.7 Å². The van der Waals surface area contributed by atoms with Crippen molar-refractivity contribution in [3.63, 3.8) is 0 Å². The van der Waals surface area contributed by atoms with Crippen LogP contribution in [0.15, 0.2) is 53.5 Å². The van der Waals surface area contributed by atoms with Crippen LogP contribution in [0.3, 0.4) is 0 Å². The summed E-state index contributed by atoms with van der Waals surface area (Å²) in [6, 6.07) is 13.0. The van der Waals surface area contributed by atoms with Crippen molar-refractivity contribution in [2.24, 2.45) is 4.99 Å². The quantitative estimate of drug-likeness (QED) is 0.827. The maximum absolute atomic E-state index is 13.8. The molecule has 3 rings (SSSR count). The molecule has 0 spiro atoms. The number of carbonyl (C=O) groups excluding carboxylic acids is 2. The minimum absolute atomic E-state index is 0.0282. The van der Waals surface area contributed by atoms with E-state index in [2.05, 4.69) is 10.3 Å². The number of hydrogen-bond acceptors (Lipinski definition) is 5. The molecule has 0 aliphatic carbocycles. The number of nitrogens with zero attached hydrogens (tertiary/aromatic N) is 2. The molecule has 1 saturated heterocycles. The van der Waals surface area contributed by atoms with Gasteiger partial charge in [-0.15, -0.1) is 0 Å². The second-order valence-electron chi connectivity index (χ2n) is 6.01. The van der Waals surface area contributed by atoms with Gasteiger partial charge in [-0.2, -0.15) is 0 Å². The van der Waals surface area contributed by atoms with Crippen LogP contribution in [0.1, 0.15) is 13.3 Å². The van der Waals surface area contributed by atoms with Gasteiger partial charge in [-0.05, 0) is 43.3 Å². The molecule has 1 aliphatic rings. The van der Waals surface area contributed by atoms with Crippen LogP contribution in [-0.2, 0) is 9.59 Å². The minimum Gasteiger partial charge on any atom is -0.497 e. The fourth-order valence-electron chi connectivity index (χ4n) is 2.70. The number of ether oxygens (including phenoxy) is 1. The number of methoxy groups -OCH3 is 1. The summed E-state index contributed by atoms with van der Waals surface area (Å²) in [6.45, 7) is 2.30. The van der Waals surface area contributed by atoms with Gasteiger partial charge in [0.2, 0.25) is 11.8 Å². The SMILES string of the molecule is CCN1C(=O)C[C@@H](C(=O)Nc2ccccc2F)SC1=Nc1ccc(OC)cc1. The number of hydrogen-bond donors (Lipinski definition) is 1. The molecule has 1 aliphatic heterocycles. The number of benzene rings is 2. The third-order valence-corrected chi connectivity index (χ3v) is 5.36. The van der Waals surface area contributed by atoms with E-state index in [1.165, 1.54) is 23.9 Å². The summed E-state index contributed by atoms with van der Waals surface area (Å²) in [7, 11) is 1.58. The molecule has 0 unspecified atom stereocenters. The van der Waals surface area contributed by atoms with Gasteiger partial charge in [-0.25, -0.2) is 9.38 Å². The Hall–Kier alpha value is -2.87. The Morgan fingerprint density at radius 3 is 2.64 bits per heavy atom. The highest BCUT2D eigenvalue weighted by Crippen LogP contribution is 2.30. The van der Waals surface area contributed by atoms with Gasteiger partial charge in [-0.1, -0.05) is 23.9 Å². The van der Waals surface area contributed by atoms with Crippen molar-refractivity contribution in [2.75, 3.05) is 19.0 Å². The number of nitrogens with one attached hydrogen (secondary N) is 1. The zero-order valence-electron chi connectivity index (χ0n) is 15.5. The molecule has 2 amide bonds. The van der Waals surface area contributed by atoms with Crippen LogP contribution in [0.25, 0.3) is 0 Å². The summed E-state index contributed by atoms with van der Waals surface area (Å²) >= 11 is 1.20. The van der Waals surface area contributed by atoms with E-state index in [4.69, 9.17) is 4.74 Å². The first-order valence-electron chi connectivity index (χ1n) is 8.77. The van der Waals surface area contributed by atoms with Crippen LogP contribution < -0.4 is 10.1 Å². The lowest BCUT2D eigenvalue weighted by atomic mass is 10.2. The Balaban J connectivity index is 1.81. The first kappa shape index (κ1) is 19.9. The van der Waals surface area contributed by atoms with Crippen LogP contribution >= 0.6 is 11.8 Å². The summed E-state index contributed by atoms with van der Waals surface area (Å²) < 4.78 is 18.9. The van der Waals surface area contributed by atoms with Crippen LogP contribution in [-0.4, -0.2) is 40.8 Å². The number of thioether (sulfide) groups is 1. The van der Waals surface area contributed by atoms with Crippen LogP contribution in [0.4, 0.5) is 15.8 Å². The Kier molecular flexibility index (Phi) is 6.30. The van der Waals surface area contributed by atoms with Gasteiger partial charge in [0.05, 0.1) is 18.5 Å². The lowest BCUT2D eigenvalue weighted by molar-refractivity contribution is -0.129. The molecule has 28 heavy (non-hydrogen) atoms. The number of amides is 2. The molecule has 0 bridgehead atoms. The Bertz CT molecular complexity index is 902. The van der Waals surface area contributed by atoms with Gasteiger partial charge in [0.1, 0.15) is 16.8 Å². The summed E-state index contributed by atoms with van der Waals surface area (Å²) in [6.07, 6.45) is 0.0282. The zero-order valence-corrected chi connectivity index (χ0v) is 16.3. The normalized spacial score (nSPS) is 18.2. The van der Waals surface area contributed by atoms with Gasteiger partial charge in [-0.3, -0.25) is 14.5 Å². The third kappa shape index (κ3) is 4.51. The van der Waals surface area contributed by atoms with E-state index in [-0.39, 0.29) is 18.0 Å². The minimum atomic E-state index is -0.688. The maximum atomic E-state index is 13.8. The number of aliphatic imine (C=N–C) groups is 1. The molecule has 0 saturated carbocycles. The topological polar surface area (TPSA) is 71.0 Å². The average Bonchev–Trinajstić information content (AvgIpc) is 2.70. The number of anilines is 1. The van der Waals surface area contributed by atoms with Crippen LogP contribution in [0.2, 0.25) is 0 Å². The number of halogens is 1. The molecule has 6 nitrogen and oxygen atoms in total. The van der Waals surface area contributed by atoms with Crippen molar-refractivity contribution in [1.82, 2.24) is 4.90 Å². The van der Waals surface area contributed by atoms with E-state index in [0.29, 0.717) is 23.1 Å². The molecule has 8 heteroatoms. The lowest BCUT2D eigenvalue weighted by Crippen LogP contribution is -2.45. The molecular weight excluding hydrogens is 381 g/mol. The van der Waals surface area contributed by atoms with Gasteiger partial charge in [0.15, 0.2) is 5.17 Å². The molecule has 0 radical (unpaired) electrons. The van der Waals surface area contributed by atoms with Crippen molar-refractivity contribution in [2.45, 2.75) is 18.6 Å². The highest BCUT2D eigenvalue weighted by Gasteiger charge is 2.35. The molecule has 1 fully saturated rings. The Morgan fingerprint density at radius 1 is 1.29 bits per heavy atom. The van der Waals surface area contributed by atoms with E-state index in [9.17, 15) is 14.0 Å². The van der Waals surface area contributed by atoms with Crippen molar-refractivity contribution >= 4 is 40.1 Å².